The van der Waals surface area contributed by atoms with E-state index in [2.05, 4.69) is 23.8 Å². The number of aryl methyl sites for hydroxylation is 1. The van der Waals surface area contributed by atoms with E-state index < -0.39 is 0 Å². The number of nitrogens with zero attached hydrogens (tertiary/aromatic N) is 1. The van der Waals surface area contributed by atoms with Gasteiger partial charge in [-0.15, -0.1) is 0 Å². The fraction of sp³-hybridized carbons (Fsp3) is 0.583. The van der Waals surface area contributed by atoms with Crippen molar-refractivity contribution in [1.29, 1.82) is 0 Å². The minimum atomic E-state index is -0.212. The van der Waals surface area contributed by atoms with Crippen molar-refractivity contribution in [2.45, 2.75) is 46.1 Å². The molecule has 4 heteroatoms. The van der Waals surface area contributed by atoms with Crippen LogP contribution in [0.25, 0.3) is 0 Å². The highest BCUT2D eigenvalue weighted by atomic mass is 16.2. The number of nitrogens with one attached hydrogen (secondary N) is 1. The minimum absolute atomic E-state index is 0.212. The average molecular weight is 223 g/mol. The molecular weight excluding hydrogens is 202 g/mol. The molecule has 0 saturated carbocycles. The topological polar surface area (TPSA) is 60.1 Å². The average Bonchev–Trinajstić information content (AvgIpc) is 2.69. The molecule has 1 aromatic rings. The van der Waals surface area contributed by atoms with Gasteiger partial charge in [0, 0.05) is 12.2 Å². The number of amides is 1. The molecule has 0 saturated heterocycles. The number of nitrogen functional groups attached to an aromatic ring is 1. The first kappa shape index (κ1) is 12.8. The first-order chi connectivity index (χ1) is 7.74. The molecule has 4 nitrogen and oxygen atoms in total. The predicted molar refractivity (Wildman–Crippen MR) is 65.0 cm³/mol. The molecule has 3 N–H and O–H groups in total. The quantitative estimate of drug-likeness (QED) is 0.439. The number of unbranched alkanes of at least 4 members (excludes halogenated alkanes) is 1. The van der Waals surface area contributed by atoms with Gasteiger partial charge in [-0.1, -0.05) is 20.3 Å². The maximum absolute atomic E-state index is 11.5. The van der Waals surface area contributed by atoms with Gasteiger partial charge in [-0.05, 0) is 31.4 Å². The summed E-state index contributed by atoms with van der Waals surface area (Å²) in [6, 6.07) is 3.87. The van der Waals surface area contributed by atoms with Crippen LogP contribution in [-0.4, -0.2) is 10.5 Å². The van der Waals surface area contributed by atoms with E-state index >= 15 is 0 Å². The van der Waals surface area contributed by atoms with Crippen LogP contribution >= 0.6 is 0 Å². The molecule has 0 spiro atoms. The summed E-state index contributed by atoms with van der Waals surface area (Å²) in [7, 11) is 0. The summed E-state index contributed by atoms with van der Waals surface area (Å²) >= 11 is 0. The van der Waals surface area contributed by atoms with Crippen molar-refractivity contribution in [1.82, 2.24) is 9.99 Å². The normalized spacial score (nSPS) is 10.4. The highest BCUT2D eigenvalue weighted by Crippen LogP contribution is 2.13. The van der Waals surface area contributed by atoms with Gasteiger partial charge in [0.05, 0.1) is 0 Å². The van der Waals surface area contributed by atoms with E-state index in [1.165, 1.54) is 5.69 Å². The van der Waals surface area contributed by atoms with E-state index in [0.29, 0.717) is 5.69 Å². The lowest BCUT2D eigenvalue weighted by molar-refractivity contribution is 0.0944. The van der Waals surface area contributed by atoms with E-state index in [-0.39, 0.29) is 5.91 Å². The lowest BCUT2D eigenvalue weighted by Crippen LogP contribution is -2.32. The second-order valence-corrected chi connectivity index (χ2v) is 3.94. The molecule has 1 heterocycles. The van der Waals surface area contributed by atoms with Crippen LogP contribution in [0.4, 0.5) is 0 Å². The standard InChI is InChI=1S/C12H21N3O/c1-3-5-6-10-7-8-11(12(16)14-13)15(10)9-4-2/h7-8H,3-6,9,13H2,1-2H3,(H,14,16). The van der Waals surface area contributed by atoms with E-state index in [0.717, 1.165) is 32.2 Å². The van der Waals surface area contributed by atoms with Crippen molar-refractivity contribution >= 4 is 5.91 Å². The number of rotatable bonds is 6. The van der Waals surface area contributed by atoms with Crippen molar-refractivity contribution < 1.29 is 4.79 Å². The molecule has 1 aromatic heterocycles. The van der Waals surface area contributed by atoms with Crippen LogP contribution in [-0.2, 0) is 13.0 Å². The Morgan fingerprint density at radius 2 is 2.12 bits per heavy atom. The molecule has 0 aliphatic heterocycles. The number of hydrazine groups is 1. The van der Waals surface area contributed by atoms with Gasteiger partial charge in [0.15, 0.2) is 0 Å². The van der Waals surface area contributed by atoms with E-state index in [4.69, 9.17) is 5.84 Å². The third-order valence-electron chi connectivity index (χ3n) is 2.67. The number of nitrogens with two attached hydrogens (primary N) is 1. The maximum atomic E-state index is 11.5. The number of hydrogen-bond donors (Lipinski definition) is 2. The Bertz CT molecular complexity index is 344. The van der Waals surface area contributed by atoms with E-state index in [1.807, 2.05) is 12.1 Å². The molecule has 0 aromatic carbocycles. The van der Waals surface area contributed by atoms with Gasteiger partial charge in [0.2, 0.25) is 0 Å². The molecule has 90 valence electrons. The molecule has 0 aliphatic rings. The summed E-state index contributed by atoms with van der Waals surface area (Å²) in [6.07, 6.45) is 4.35. The first-order valence-corrected chi connectivity index (χ1v) is 5.93. The second-order valence-electron chi connectivity index (χ2n) is 3.94. The number of aromatic nitrogens is 1. The zero-order valence-electron chi connectivity index (χ0n) is 10.1. The van der Waals surface area contributed by atoms with Crippen LogP contribution in [0.5, 0.6) is 0 Å². The lowest BCUT2D eigenvalue weighted by atomic mass is 10.2. The molecule has 0 radical (unpaired) electrons. The monoisotopic (exact) mass is 223 g/mol. The minimum Gasteiger partial charge on any atom is -0.341 e. The molecular formula is C12H21N3O. The van der Waals surface area contributed by atoms with Crippen molar-refractivity contribution in [2.24, 2.45) is 5.84 Å². The van der Waals surface area contributed by atoms with Gasteiger partial charge in [-0.2, -0.15) is 0 Å². The first-order valence-electron chi connectivity index (χ1n) is 5.93. The van der Waals surface area contributed by atoms with Gasteiger partial charge < -0.3 is 4.57 Å². The summed E-state index contributed by atoms with van der Waals surface area (Å²) < 4.78 is 2.07. The molecule has 16 heavy (non-hydrogen) atoms. The molecule has 0 fully saturated rings. The molecule has 0 unspecified atom stereocenters. The van der Waals surface area contributed by atoms with Crippen molar-refractivity contribution in [2.75, 3.05) is 0 Å². The number of carbonyl (C=O) groups is 1. The lowest BCUT2D eigenvalue weighted by Gasteiger charge is -2.11. The van der Waals surface area contributed by atoms with Crippen LogP contribution in [0.15, 0.2) is 12.1 Å². The molecule has 0 bridgehead atoms. The summed E-state index contributed by atoms with van der Waals surface area (Å²) in [5, 5.41) is 0. The Labute approximate surface area is 96.8 Å². The SMILES string of the molecule is CCCCc1ccc(C(=O)NN)n1CCC. The van der Waals surface area contributed by atoms with Gasteiger partial charge in [0.1, 0.15) is 5.69 Å². The maximum Gasteiger partial charge on any atom is 0.281 e. The van der Waals surface area contributed by atoms with Gasteiger partial charge in [0.25, 0.3) is 5.91 Å². The smallest absolute Gasteiger partial charge is 0.281 e. The van der Waals surface area contributed by atoms with Gasteiger partial charge in [-0.25, -0.2) is 5.84 Å². The van der Waals surface area contributed by atoms with Crippen molar-refractivity contribution in [3.8, 4) is 0 Å². The summed E-state index contributed by atoms with van der Waals surface area (Å²) in [4.78, 5) is 11.5. The molecule has 0 atom stereocenters. The zero-order chi connectivity index (χ0) is 12.0. The summed E-state index contributed by atoms with van der Waals surface area (Å²) in [5.74, 6) is 4.95. The van der Waals surface area contributed by atoms with Gasteiger partial charge >= 0.3 is 0 Å². The van der Waals surface area contributed by atoms with Crippen molar-refractivity contribution in [3.63, 3.8) is 0 Å². The molecule has 1 rings (SSSR count). The third kappa shape index (κ3) is 2.85. The molecule has 0 aliphatic carbocycles. The largest absolute Gasteiger partial charge is 0.341 e. The number of carbonyl (C=O) groups excluding carboxylic acids is 1. The van der Waals surface area contributed by atoms with Gasteiger partial charge in [-0.3, -0.25) is 10.2 Å². The van der Waals surface area contributed by atoms with Crippen LogP contribution in [0, 0.1) is 0 Å². The van der Waals surface area contributed by atoms with E-state index in [1.54, 1.807) is 0 Å². The Morgan fingerprint density at radius 1 is 1.38 bits per heavy atom. The Morgan fingerprint density at radius 3 is 2.69 bits per heavy atom. The predicted octanol–water partition coefficient (Wildman–Crippen LogP) is 1.84. The van der Waals surface area contributed by atoms with Crippen molar-refractivity contribution in [3.05, 3.63) is 23.5 Å². The summed E-state index contributed by atoms with van der Waals surface area (Å²) in [5.41, 5.74) is 4.08. The fourth-order valence-electron chi connectivity index (χ4n) is 1.85. The Kier molecular flexibility index (Phi) is 5.05. The fourth-order valence-corrected chi connectivity index (χ4v) is 1.85. The van der Waals surface area contributed by atoms with Crippen LogP contribution in [0.1, 0.15) is 49.3 Å². The van der Waals surface area contributed by atoms with Crippen LogP contribution in [0.2, 0.25) is 0 Å². The van der Waals surface area contributed by atoms with Crippen LogP contribution in [0.3, 0.4) is 0 Å². The van der Waals surface area contributed by atoms with E-state index in [9.17, 15) is 4.79 Å². The Hall–Kier alpha value is -1.29. The molecule has 1 amide bonds. The Balaban J connectivity index is 2.92. The third-order valence-corrected chi connectivity index (χ3v) is 2.67. The highest BCUT2D eigenvalue weighted by molar-refractivity contribution is 5.92. The highest BCUT2D eigenvalue weighted by Gasteiger charge is 2.12. The summed E-state index contributed by atoms with van der Waals surface area (Å²) in [6.45, 7) is 5.14. The number of hydrogen-bond acceptors (Lipinski definition) is 2. The van der Waals surface area contributed by atoms with Crippen LogP contribution < -0.4 is 11.3 Å². The zero-order valence-corrected chi connectivity index (χ0v) is 10.1. The second kappa shape index (κ2) is 6.33.